The smallest absolute Gasteiger partial charge is 0.260 e. The van der Waals surface area contributed by atoms with E-state index in [0.29, 0.717) is 30.3 Å². The van der Waals surface area contributed by atoms with Gasteiger partial charge in [-0.25, -0.2) is 14.5 Å². The van der Waals surface area contributed by atoms with Gasteiger partial charge in [-0.2, -0.15) is 11.0 Å². The fourth-order valence-electron chi connectivity index (χ4n) is 2.27. The highest BCUT2D eigenvalue weighted by molar-refractivity contribution is 7.90. The van der Waals surface area contributed by atoms with Crippen LogP contribution in [0.15, 0.2) is 55.1 Å². The van der Waals surface area contributed by atoms with Crippen LogP contribution in [0, 0.1) is 6.57 Å². The van der Waals surface area contributed by atoms with Gasteiger partial charge in [0.2, 0.25) is 0 Å². The van der Waals surface area contributed by atoms with Crippen LogP contribution in [0.25, 0.3) is 16.0 Å². The minimum Gasteiger partial charge on any atom is -0.399 e. The molecule has 0 unspecified atom stereocenters. The molecule has 2 N–H and O–H groups in total. The molecule has 126 valence electrons. The Kier molecular flexibility index (Phi) is 5.61. The Hall–Kier alpha value is -2.90. The van der Waals surface area contributed by atoms with Crippen molar-refractivity contribution in [2.45, 2.75) is 6.54 Å². The molecule has 3 rings (SSSR count). The summed E-state index contributed by atoms with van der Waals surface area (Å²) < 4.78 is 11.3. The van der Waals surface area contributed by atoms with E-state index >= 15 is 0 Å². The Balaban J connectivity index is 1.83. The molecular weight excluding hydrogens is 342 g/mol. The first-order chi connectivity index (χ1) is 12.3. The molecule has 0 atom stereocenters. The monoisotopic (exact) mass is 355 g/mol. The van der Waals surface area contributed by atoms with Crippen LogP contribution in [0.2, 0.25) is 0 Å². The number of nitrogens with zero attached hydrogens (tertiary/aromatic N) is 4. The summed E-state index contributed by atoms with van der Waals surface area (Å²) >= 11 is 0.609. The van der Waals surface area contributed by atoms with Crippen LogP contribution in [0.3, 0.4) is 0 Å². The zero-order valence-electron chi connectivity index (χ0n) is 12.9. The van der Waals surface area contributed by atoms with Crippen molar-refractivity contribution < 1.29 is 13.5 Å². The summed E-state index contributed by atoms with van der Waals surface area (Å²) in [7, 11) is 0. The second kappa shape index (κ2) is 8.27. The lowest BCUT2D eigenvalue weighted by Crippen LogP contribution is -2.00. The lowest BCUT2D eigenvalue weighted by atomic mass is 10.0. The summed E-state index contributed by atoms with van der Waals surface area (Å²) in [6.45, 7) is 7.97. The van der Waals surface area contributed by atoms with E-state index in [1.165, 1.54) is 6.33 Å². The number of hydrogen-bond donors (Lipinski definition) is 1. The van der Waals surface area contributed by atoms with Gasteiger partial charge in [0.1, 0.15) is 18.4 Å². The van der Waals surface area contributed by atoms with Crippen molar-refractivity contribution in [3.8, 4) is 16.9 Å². The van der Waals surface area contributed by atoms with Crippen molar-refractivity contribution in [2.75, 3.05) is 0 Å². The molecule has 0 amide bonds. The van der Waals surface area contributed by atoms with E-state index in [1.807, 2.05) is 24.3 Å². The minimum absolute atomic E-state index is 0.564. The minimum atomic E-state index is 0.564. The van der Waals surface area contributed by atoms with E-state index < -0.39 is 0 Å². The average Bonchev–Trinajstić information content (AvgIpc) is 3.15. The van der Waals surface area contributed by atoms with Gasteiger partial charge in [0.05, 0.1) is 13.1 Å². The van der Waals surface area contributed by atoms with Crippen molar-refractivity contribution in [1.82, 2.24) is 14.8 Å². The SMILES string of the molecule is [C-]#[N+]c1ccc(Cn2cncn2)cc1-c1ccc(OSOON)cc1. The quantitative estimate of drug-likeness (QED) is 0.229. The largest absolute Gasteiger partial charge is 0.399 e. The Morgan fingerprint density at radius 3 is 2.72 bits per heavy atom. The fraction of sp³-hybridized carbons (Fsp3) is 0.0625. The van der Waals surface area contributed by atoms with Crippen LogP contribution in [-0.4, -0.2) is 14.8 Å². The van der Waals surface area contributed by atoms with Crippen LogP contribution < -0.4 is 10.1 Å². The van der Waals surface area contributed by atoms with E-state index in [9.17, 15) is 0 Å². The molecule has 0 spiro atoms. The molecule has 0 saturated heterocycles. The van der Waals surface area contributed by atoms with E-state index in [0.717, 1.165) is 16.7 Å². The third-order valence-electron chi connectivity index (χ3n) is 3.36. The van der Waals surface area contributed by atoms with Gasteiger partial charge in [0.15, 0.2) is 5.69 Å². The predicted octanol–water partition coefficient (Wildman–Crippen LogP) is 3.31. The number of aromatic nitrogens is 3. The molecule has 2 aromatic carbocycles. The summed E-state index contributed by atoms with van der Waals surface area (Å²) in [5.41, 5.74) is 3.34. The molecule has 9 heteroatoms. The summed E-state index contributed by atoms with van der Waals surface area (Å²) in [6, 6.07) is 13.0. The third-order valence-corrected chi connectivity index (χ3v) is 3.75. The Bertz CT molecular complexity index is 862. The topological polar surface area (TPSA) is 88.8 Å². The van der Waals surface area contributed by atoms with Crippen LogP contribution in [0.1, 0.15) is 5.56 Å². The highest BCUT2D eigenvalue weighted by Gasteiger charge is 2.08. The standard InChI is InChI=1S/C16H13N5O3S/c1-18-16-7-2-12(9-21-11-19-10-20-21)8-15(16)13-3-5-14(6-4-13)22-25-24-23-17/h2-8,10-11H,9,17H2. The van der Waals surface area contributed by atoms with Gasteiger partial charge < -0.3 is 4.18 Å². The van der Waals surface area contributed by atoms with Crippen LogP contribution in [0.4, 0.5) is 5.69 Å². The molecule has 1 heterocycles. The molecule has 3 aromatic rings. The number of hydrogen-bond acceptors (Lipinski definition) is 7. The van der Waals surface area contributed by atoms with Crippen molar-refractivity contribution in [3.05, 3.63) is 72.1 Å². The maximum absolute atomic E-state index is 7.38. The molecule has 0 saturated carbocycles. The molecule has 0 aliphatic heterocycles. The summed E-state index contributed by atoms with van der Waals surface area (Å²) in [5.74, 6) is 5.29. The third kappa shape index (κ3) is 4.34. The first-order valence-electron chi connectivity index (χ1n) is 7.10. The molecule has 0 aliphatic carbocycles. The van der Waals surface area contributed by atoms with Crippen molar-refractivity contribution in [1.29, 1.82) is 0 Å². The Labute approximate surface area is 148 Å². The lowest BCUT2D eigenvalue weighted by Gasteiger charge is -2.09. The summed E-state index contributed by atoms with van der Waals surface area (Å²) in [6.07, 6.45) is 3.14. The Morgan fingerprint density at radius 1 is 1.20 bits per heavy atom. The van der Waals surface area contributed by atoms with E-state index in [-0.39, 0.29) is 0 Å². The van der Waals surface area contributed by atoms with Gasteiger partial charge >= 0.3 is 0 Å². The molecule has 0 fully saturated rings. The number of nitrogens with two attached hydrogens (primary N) is 1. The van der Waals surface area contributed by atoms with Crippen molar-refractivity contribution in [3.63, 3.8) is 0 Å². The lowest BCUT2D eigenvalue weighted by molar-refractivity contribution is -0.199. The summed E-state index contributed by atoms with van der Waals surface area (Å²) in [4.78, 5) is 11.5. The predicted molar refractivity (Wildman–Crippen MR) is 91.8 cm³/mol. The van der Waals surface area contributed by atoms with Crippen LogP contribution in [-0.2, 0) is 15.9 Å². The Morgan fingerprint density at radius 2 is 2.04 bits per heavy atom. The molecule has 25 heavy (non-hydrogen) atoms. The zero-order valence-corrected chi connectivity index (χ0v) is 13.7. The van der Waals surface area contributed by atoms with E-state index in [1.54, 1.807) is 29.2 Å². The first kappa shape index (κ1) is 16.9. The molecule has 0 aliphatic rings. The van der Waals surface area contributed by atoms with E-state index in [4.69, 9.17) is 16.7 Å². The van der Waals surface area contributed by atoms with Gasteiger partial charge in [0, 0.05) is 0 Å². The fourth-order valence-corrected chi connectivity index (χ4v) is 2.52. The number of benzene rings is 2. The average molecular weight is 355 g/mol. The van der Waals surface area contributed by atoms with Gasteiger partial charge in [-0.1, -0.05) is 30.3 Å². The zero-order chi connectivity index (χ0) is 17.5. The highest BCUT2D eigenvalue weighted by Crippen LogP contribution is 2.33. The second-order valence-electron chi connectivity index (χ2n) is 4.90. The summed E-state index contributed by atoms with van der Waals surface area (Å²) in [5, 5.41) is 4.10. The van der Waals surface area contributed by atoms with Crippen molar-refractivity contribution >= 4 is 18.0 Å². The van der Waals surface area contributed by atoms with Gasteiger partial charge in [-0.3, -0.25) is 0 Å². The maximum Gasteiger partial charge on any atom is 0.260 e. The molecule has 1 aromatic heterocycles. The van der Waals surface area contributed by atoms with Crippen molar-refractivity contribution in [2.24, 2.45) is 5.90 Å². The van der Waals surface area contributed by atoms with E-state index in [2.05, 4.69) is 24.2 Å². The molecule has 8 nitrogen and oxygen atoms in total. The second-order valence-corrected chi connectivity index (χ2v) is 5.34. The highest BCUT2D eigenvalue weighted by atomic mass is 32.2. The molecular formula is C16H13N5O3S. The van der Waals surface area contributed by atoms with Crippen LogP contribution in [0.5, 0.6) is 5.75 Å². The number of rotatable bonds is 7. The molecule has 0 radical (unpaired) electrons. The van der Waals surface area contributed by atoms with Crippen LogP contribution >= 0.6 is 12.3 Å². The van der Waals surface area contributed by atoms with Gasteiger partial charge in [-0.15, -0.1) is 9.32 Å². The normalized spacial score (nSPS) is 10.4. The van der Waals surface area contributed by atoms with Gasteiger partial charge in [-0.05, 0) is 28.8 Å². The maximum atomic E-state index is 7.38. The van der Waals surface area contributed by atoms with Gasteiger partial charge in [0.25, 0.3) is 12.3 Å². The molecule has 0 bridgehead atoms. The first-order valence-corrected chi connectivity index (χ1v) is 7.77.